The summed E-state index contributed by atoms with van der Waals surface area (Å²) >= 11 is 0. The van der Waals surface area contributed by atoms with E-state index in [1.165, 1.54) is 24.8 Å². The highest BCUT2D eigenvalue weighted by atomic mass is 16.7. The minimum atomic E-state index is -0.817. The number of nitro groups is 1. The van der Waals surface area contributed by atoms with Gasteiger partial charge in [-0.05, 0) is 65.9 Å². The summed E-state index contributed by atoms with van der Waals surface area (Å²) < 4.78 is 15.7. The van der Waals surface area contributed by atoms with Crippen molar-refractivity contribution in [1.29, 1.82) is 0 Å². The Kier molecular flexibility index (Phi) is 5.64. The molecule has 0 amide bonds. The van der Waals surface area contributed by atoms with E-state index in [9.17, 15) is 14.9 Å². The molecule has 7 nitrogen and oxygen atoms in total. The number of benzene rings is 3. The van der Waals surface area contributed by atoms with Crippen LogP contribution >= 0.6 is 0 Å². The Labute approximate surface area is 185 Å². The summed E-state index contributed by atoms with van der Waals surface area (Å²) in [7, 11) is 1.24. The van der Waals surface area contributed by atoms with E-state index in [1.54, 1.807) is 24.3 Å². The molecule has 1 aliphatic rings. The van der Waals surface area contributed by atoms with Gasteiger partial charge in [0.15, 0.2) is 0 Å². The van der Waals surface area contributed by atoms with Crippen molar-refractivity contribution in [2.45, 2.75) is 13.8 Å². The third kappa shape index (κ3) is 4.05. The van der Waals surface area contributed by atoms with Crippen molar-refractivity contribution in [2.75, 3.05) is 13.7 Å². The van der Waals surface area contributed by atoms with Crippen LogP contribution in [0.5, 0.6) is 11.5 Å². The molecule has 0 aromatic heterocycles. The number of non-ortho nitro benzene ring substituents is 1. The lowest BCUT2D eigenvalue weighted by Gasteiger charge is -2.25. The molecule has 7 heteroatoms. The van der Waals surface area contributed by atoms with Crippen molar-refractivity contribution >= 4 is 23.0 Å². The first-order chi connectivity index (χ1) is 15.4. The number of hydrogen-bond acceptors (Lipinski definition) is 6. The quantitative estimate of drug-likeness (QED) is 0.228. The molecule has 162 valence electrons. The second-order valence-electron chi connectivity index (χ2n) is 7.46. The second kappa shape index (κ2) is 8.55. The molecule has 0 spiro atoms. The van der Waals surface area contributed by atoms with Crippen LogP contribution in [0.25, 0.3) is 11.1 Å². The van der Waals surface area contributed by atoms with Gasteiger partial charge in [-0.25, -0.2) is 4.79 Å². The first kappa shape index (κ1) is 21.1. The first-order valence-electron chi connectivity index (χ1n) is 9.96. The van der Waals surface area contributed by atoms with Gasteiger partial charge >= 0.3 is 6.16 Å². The Hall–Kier alpha value is -4.13. The van der Waals surface area contributed by atoms with Crippen LogP contribution in [0, 0.1) is 24.0 Å². The second-order valence-corrected chi connectivity index (χ2v) is 7.46. The number of rotatable bonds is 4. The van der Waals surface area contributed by atoms with Gasteiger partial charge in [0, 0.05) is 29.3 Å². The Morgan fingerprint density at radius 2 is 1.69 bits per heavy atom. The highest BCUT2D eigenvalue weighted by Crippen LogP contribution is 2.43. The number of methoxy groups -OCH3 is 1. The van der Waals surface area contributed by atoms with Crippen LogP contribution in [0.2, 0.25) is 0 Å². The fourth-order valence-corrected chi connectivity index (χ4v) is 3.65. The number of nitrogens with zero attached hydrogens (tertiary/aromatic N) is 1. The average molecular weight is 431 g/mol. The lowest BCUT2D eigenvalue weighted by molar-refractivity contribution is -0.384. The molecule has 1 heterocycles. The number of carbonyl (C=O) groups excluding carboxylic acids is 1. The fraction of sp³-hybridized carbons (Fsp3) is 0.160. The Balaban J connectivity index is 1.88. The van der Waals surface area contributed by atoms with Gasteiger partial charge in [0.1, 0.15) is 18.1 Å². The zero-order chi connectivity index (χ0) is 22.8. The van der Waals surface area contributed by atoms with Crippen molar-refractivity contribution in [3.8, 4) is 11.5 Å². The fourth-order valence-electron chi connectivity index (χ4n) is 3.65. The summed E-state index contributed by atoms with van der Waals surface area (Å²) in [5.74, 6) is 0.848. The summed E-state index contributed by atoms with van der Waals surface area (Å²) in [6, 6.07) is 17.8. The molecule has 32 heavy (non-hydrogen) atoms. The largest absolute Gasteiger partial charge is 0.513 e. The maximum Gasteiger partial charge on any atom is 0.513 e. The summed E-state index contributed by atoms with van der Waals surface area (Å²) in [6.07, 6.45) is -0.817. The number of carbonyl (C=O) groups is 1. The van der Waals surface area contributed by atoms with E-state index in [0.717, 1.165) is 33.4 Å². The molecule has 0 N–H and O–H groups in total. The predicted octanol–water partition coefficient (Wildman–Crippen LogP) is 5.71. The molecule has 0 fully saturated rings. The van der Waals surface area contributed by atoms with E-state index in [2.05, 4.69) is 30.7 Å². The standard InChI is InChI=1S/C25H21NO6/c1-15-4-5-18(12-16(15)2)22-14-31-23-13-20(32-25(27)30-3)10-11-21(23)24(22)17-6-8-19(9-7-17)26(28)29/h4-13H,14H2,1-3H3. The van der Waals surface area contributed by atoms with Crippen molar-refractivity contribution in [2.24, 2.45) is 0 Å². The van der Waals surface area contributed by atoms with Gasteiger partial charge < -0.3 is 14.2 Å². The van der Waals surface area contributed by atoms with E-state index < -0.39 is 11.1 Å². The minimum absolute atomic E-state index is 0.0242. The number of hydrogen-bond donors (Lipinski definition) is 0. The molecule has 0 unspecified atom stereocenters. The number of fused-ring (bicyclic) bond motifs is 1. The summed E-state index contributed by atoms with van der Waals surface area (Å²) in [5, 5.41) is 11.1. The third-order valence-corrected chi connectivity index (χ3v) is 5.49. The lowest BCUT2D eigenvalue weighted by Crippen LogP contribution is -2.13. The summed E-state index contributed by atoms with van der Waals surface area (Å²) in [5.41, 5.74) is 6.90. The van der Waals surface area contributed by atoms with Crippen LogP contribution in [0.1, 0.15) is 27.8 Å². The molecule has 0 aliphatic carbocycles. The van der Waals surface area contributed by atoms with E-state index >= 15 is 0 Å². The van der Waals surface area contributed by atoms with Crippen molar-refractivity contribution in [3.05, 3.63) is 98.6 Å². The molecule has 0 atom stereocenters. The van der Waals surface area contributed by atoms with Gasteiger partial charge in [-0.15, -0.1) is 0 Å². The van der Waals surface area contributed by atoms with Crippen LogP contribution in [0.15, 0.2) is 60.7 Å². The zero-order valence-electron chi connectivity index (χ0n) is 17.9. The number of aryl methyl sites for hydroxylation is 2. The normalized spacial score (nSPS) is 12.6. The lowest BCUT2D eigenvalue weighted by atomic mass is 9.87. The SMILES string of the molecule is COC(=O)Oc1ccc2c(c1)OCC(c1ccc(C)c(C)c1)=C2c1ccc([N+](=O)[O-])cc1. The van der Waals surface area contributed by atoms with Gasteiger partial charge in [-0.3, -0.25) is 10.1 Å². The monoisotopic (exact) mass is 431 g/mol. The van der Waals surface area contributed by atoms with Gasteiger partial charge in [-0.2, -0.15) is 0 Å². The van der Waals surface area contributed by atoms with Crippen LogP contribution in [0.3, 0.4) is 0 Å². The molecule has 3 aromatic carbocycles. The van der Waals surface area contributed by atoms with Crippen LogP contribution in [-0.2, 0) is 4.74 Å². The molecule has 0 saturated heterocycles. The van der Waals surface area contributed by atoms with E-state index in [1.807, 2.05) is 12.1 Å². The predicted molar refractivity (Wildman–Crippen MR) is 120 cm³/mol. The Bertz CT molecular complexity index is 1240. The van der Waals surface area contributed by atoms with Crippen LogP contribution in [0.4, 0.5) is 10.5 Å². The van der Waals surface area contributed by atoms with E-state index in [-0.39, 0.29) is 5.69 Å². The van der Waals surface area contributed by atoms with Gasteiger partial charge in [0.25, 0.3) is 5.69 Å². The molecular weight excluding hydrogens is 410 g/mol. The highest BCUT2D eigenvalue weighted by Gasteiger charge is 2.24. The van der Waals surface area contributed by atoms with Crippen molar-refractivity contribution in [1.82, 2.24) is 0 Å². The third-order valence-electron chi connectivity index (χ3n) is 5.49. The van der Waals surface area contributed by atoms with Crippen LogP contribution in [-0.4, -0.2) is 24.8 Å². The minimum Gasteiger partial charge on any atom is -0.488 e. The van der Waals surface area contributed by atoms with Gasteiger partial charge in [-0.1, -0.05) is 18.2 Å². The molecule has 4 rings (SSSR count). The zero-order valence-corrected chi connectivity index (χ0v) is 17.9. The van der Waals surface area contributed by atoms with E-state index in [4.69, 9.17) is 9.47 Å². The van der Waals surface area contributed by atoms with Gasteiger partial charge in [0.05, 0.1) is 12.0 Å². The topological polar surface area (TPSA) is 87.9 Å². The van der Waals surface area contributed by atoms with Crippen molar-refractivity contribution in [3.63, 3.8) is 0 Å². The smallest absolute Gasteiger partial charge is 0.488 e. The molecule has 0 bridgehead atoms. The summed E-state index contributed by atoms with van der Waals surface area (Å²) in [4.78, 5) is 22.2. The highest BCUT2D eigenvalue weighted by molar-refractivity contribution is 6.02. The maximum absolute atomic E-state index is 11.5. The Morgan fingerprint density at radius 1 is 0.969 bits per heavy atom. The molecule has 1 aliphatic heterocycles. The van der Waals surface area contributed by atoms with Gasteiger partial charge in [0.2, 0.25) is 0 Å². The Morgan fingerprint density at radius 3 is 2.34 bits per heavy atom. The van der Waals surface area contributed by atoms with Crippen molar-refractivity contribution < 1.29 is 23.9 Å². The molecule has 0 saturated carbocycles. The number of nitro benzene ring substituents is 1. The maximum atomic E-state index is 11.5. The molecule has 0 radical (unpaired) electrons. The number of ether oxygens (including phenoxy) is 3. The molecular formula is C25H21NO6. The average Bonchev–Trinajstić information content (AvgIpc) is 2.80. The first-order valence-corrected chi connectivity index (χ1v) is 9.96. The van der Waals surface area contributed by atoms with E-state index in [0.29, 0.717) is 18.1 Å². The summed E-state index contributed by atoms with van der Waals surface area (Å²) in [6.45, 7) is 4.41. The van der Waals surface area contributed by atoms with Crippen LogP contribution < -0.4 is 9.47 Å². The molecule has 3 aromatic rings.